The molecule has 0 unspecified atom stereocenters. The highest BCUT2D eigenvalue weighted by Crippen LogP contribution is 2.46. The summed E-state index contributed by atoms with van der Waals surface area (Å²) in [7, 11) is -1.73. The van der Waals surface area contributed by atoms with Crippen molar-refractivity contribution in [2.75, 3.05) is 0 Å². The van der Waals surface area contributed by atoms with Crippen molar-refractivity contribution in [1.29, 1.82) is 0 Å². The molecule has 0 saturated heterocycles. The Hall–Kier alpha value is -5.33. The van der Waals surface area contributed by atoms with Gasteiger partial charge in [-0.25, -0.2) is 9.97 Å². The number of nitrogens with zero attached hydrogens (tertiary/aromatic N) is 4. The van der Waals surface area contributed by atoms with E-state index in [-0.39, 0.29) is 33.8 Å². The van der Waals surface area contributed by atoms with E-state index in [0.29, 0.717) is 11.4 Å². The Morgan fingerprint density at radius 2 is 1.18 bits per heavy atom. The molecule has 3 heterocycles. The van der Waals surface area contributed by atoms with Crippen molar-refractivity contribution in [1.82, 2.24) is 19.5 Å². The van der Waals surface area contributed by atoms with Crippen LogP contribution in [0.15, 0.2) is 103 Å². The van der Waals surface area contributed by atoms with Gasteiger partial charge in [0.15, 0.2) is 11.5 Å². The maximum atomic E-state index is 12.5. The molecule has 0 aliphatic carbocycles. The Labute approximate surface area is 372 Å². The SMILES string of the molecule is CC(C)c1cccc(C(C)C)c1-n1c(-c2cc(C(C)(C)C)cc(C(C)(C)C)c2O)nc2c(-c3cc(-c4cc(-c5ccccc5)c([Si](C)(C)C)cn4)cc(C(C)(C)C)c3)ccnc21. The summed E-state index contributed by atoms with van der Waals surface area (Å²) < 4.78 is 2.26. The van der Waals surface area contributed by atoms with Gasteiger partial charge in [-0.3, -0.25) is 9.55 Å². The number of para-hydroxylation sites is 1. The lowest BCUT2D eigenvalue weighted by atomic mass is 9.79. The van der Waals surface area contributed by atoms with Gasteiger partial charge in [-0.2, -0.15) is 0 Å². The van der Waals surface area contributed by atoms with Gasteiger partial charge in [0.2, 0.25) is 0 Å². The number of phenols is 1. The van der Waals surface area contributed by atoms with Crippen molar-refractivity contribution >= 4 is 24.4 Å². The normalized spacial score (nSPS) is 12.9. The maximum Gasteiger partial charge on any atom is 0.165 e. The van der Waals surface area contributed by atoms with Crippen LogP contribution in [-0.2, 0) is 16.2 Å². The summed E-state index contributed by atoms with van der Waals surface area (Å²) in [6.07, 6.45) is 4.06. The van der Waals surface area contributed by atoms with E-state index in [1.165, 1.54) is 33.0 Å². The van der Waals surface area contributed by atoms with Gasteiger partial charge in [-0.1, -0.05) is 170 Å². The Balaban J connectivity index is 1.60. The van der Waals surface area contributed by atoms with Crippen molar-refractivity contribution in [3.63, 3.8) is 0 Å². The second-order valence-electron chi connectivity index (χ2n) is 22.1. The molecule has 0 saturated carbocycles. The standard InChI is InChI=1S/C56H68N4OSi/c1-34(2)41-23-20-24-42(35(3)4)50(41)60-52(45-30-40(55(8,9)10)31-46(51(45)61)56(11,12)13)59-49-43(25-26-57-53(49)60)37-27-38(29-39(28-37)54(5,6)7)47-32-44(36-21-18-17-19-22-36)48(33-58-47)62(14,15)16/h17-35,61H,1-16H3. The van der Waals surface area contributed by atoms with E-state index in [2.05, 4.69) is 211 Å². The lowest BCUT2D eigenvalue weighted by molar-refractivity contribution is 0.446. The molecular weight excluding hydrogens is 773 g/mol. The van der Waals surface area contributed by atoms with Crippen LogP contribution >= 0.6 is 0 Å². The Morgan fingerprint density at radius 3 is 1.74 bits per heavy atom. The summed E-state index contributed by atoms with van der Waals surface area (Å²) in [6, 6.07) is 33.1. The molecule has 7 rings (SSSR count). The second kappa shape index (κ2) is 16.1. The first kappa shape index (κ1) is 44.7. The van der Waals surface area contributed by atoms with Gasteiger partial charge in [0, 0.05) is 29.1 Å². The number of fused-ring (bicyclic) bond motifs is 1. The molecule has 3 aromatic heterocycles. The molecule has 0 aliphatic rings. The molecule has 7 aromatic rings. The zero-order valence-electron chi connectivity index (χ0n) is 40.2. The fraction of sp³-hybridized carbons (Fsp3) is 0.375. The van der Waals surface area contributed by atoms with Crippen LogP contribution in [0.3, 0.4) is 0 Å². The molecule has 0 spiro atoms. The summed E-state index contributed by atoms with van der Waals surface area (Å²) in [5, 5.41) is 13.8. The Bertz CT molecular complexity index is 2760. The highest BCUT2D eigenvalue weighted by atomic mass is 28.3. The number of phenolic OH excluding ortho intramolecular Hbond substituents is 1. The van der Waals surface area contributed by atoms with Gasteiger partial charge in [-0.05, 0) is 103 Å². The maximum absolute atomic E-state index is 12.5. The predicted molar refractivity (Wildman–Crippen MR) is 267 cm³/mol. The van der Waals surface area contributed by atoms with E-state index >= 15 is 0 Å². The molecule has 62 heavy (non-hydrogen) atoms. The Morgan fingerprint density at radius 1 is 0.581 bits per heavy atom. The summed E-state index contributed by atoms with van der Waals surface area (Å²) in [6.45, 7) is 36.2. The van der Waals surface area contributed by atoms with Gasteiger partial charge in [0.1, 0.15) is 11.3 Å². The molecule has 0 fully saturated rings. The van der Waals surface area contributed by atoms with Gasteiger partial charge in [0.05, 0.1) is 25.0 Å². The van der Waals surface area contributed by atoms with E-state index in [9.17, 15) is 5.11 Å². The van der Waals surface area contributed by atoms with Crippen LogP contribution in [0, 0.1) is 0 Å². The molecule has 1 N–H and O–H groups in total. The number of pyridine rings is 2. The average Bonchev–Trinajstić information content (AvgIpc) is 3.58. The first-order valence-corrected chi connectivity index (χ1v) is 26.0. The van der Waals surface area contributed by atoms with E-state index in [4.69, 9.17) is 15.0 Å². The van der Waals surface area contributed by atoms with E-state index < -0.39 is 8.07 Å². The lowest BCUT2D eigenvalue weighted by Crippen LogP contribution is -2.39. The second-order valence-corrected chi connectivity index (χ2v) is 27.1. The van der Waals surface area contributed by atoms with Crippen molar-refractivity contribution < 1.29 is 5.11 Å². The molecule has 0 amide bonds. The van der Waals surface area contributed by atoms with Crippen LogP contribution < -0.4 is 5.19 Å². The average molecular weight is 841 g/mol. The molecule has 5 nitrogen and oxygen atoms in total. The van der Waals surface area contributed by atoms with E-state index in [1.807, 2.05) is 6.20 Å². The predicted octanol–water partition coefficient (Wildman–Crippen LogP) is 14.9. The molecule has 322 valence electrons. The number of aromatic nitrogens is 4. The molecule has 0 bridgehead atoms. The van der Waals surface area contributed by atoms with Crippen LogP contribution in [0.5, 0.6) is 5.75 Å². The summed E-state index contributed by atoms with van der Waals surface area (Å²) >= 11 is 0. The minimum Gasteiger partial charge on any atom is -0.507 e. The third kappa shape index (κ3) is 8.55. The largest absolute Gasteiger partial charge is 0.507 e. The summed E-state index contributed by atoms with van der Waals surface area (Å²) in [5.41, 5.74) is 14.9. The third-order valence-corrected chi connectivity index (χ3v) is 14.4. The first-order chi connectivity index (χ1) is 28.9. The van der Waals surface area contributed by atoms with Gasteiger partial charge in [-0.15, -0.1) is 0 Å². The minimum atomic E-state index is -1.73. The van der Waals surface area contributed by atoms with Crippen LogP contribution in [0.25, 0.3) is 61.8 Å². The topological polar surface area (TPSA) is 63.8 Å². The number of rotatable bonds is 8. The lowest BCUT2D eigenvalue weighted by Gasteiger charge is -2.28. The van der Waals surface area contributed by atoms with Crippen molar-refractivity contribution in [3.8, 4) is 56.3 Å². The van der Waals surface area contributed by atoms with Crippen LogP contribution in [0.2, 0.25) is 19.6 Å². The van der Waals surface area contributed by atoms with Gasteiger partial charge in [0.25, 0.3) is 0 Å². The van der Waals surface area contributed by atoms with Crippen LogP contribution in [-0.4, -0.2) is 32.7 Å². The molecule has 6 heteroatoms. The zero-order chi connectivity index (χ0) is 45.3. The number of imidazole rings is 1. The monoisotopic (exact) mass is 841 g/mol. The molecular formula is C56H68N4OSi. The molecule has 0 aliphatic heterocycles. The fourth-order valence-corrected chi connectivity index (χ4v) is 10.1. The van der Waals surface area contributed by atoms with Crippen LogP contribution in [0.4, 0.5) is 0 Å². The van der Waals surface area contributed by atoms with Crippen molar-refractivity contribution in [3.05, 3.63) is 131 Å². The number of aromatic hydroxyl groups is 1. The van der Waals surface area contributed by atoms with Crippen molar-refractivity contribution in [2.24, 2.45) is 0 Å². The fourth-order valence-electron chi connectivity index (χ4n) is 8.61. The molecule has 0 atom stereocenters. The summed E-state index contributed by atoms with van der Waals surface area (Å²) in [5.74, 6) is 1.40. The number of benzene rings is 4. The first-order valence-electron chi connectivity index (χ1n) is 22.5. The van der Waals surface area contributed by atoms with Gasteiger partial charge >= 0.3 is 0 Å². The zero-order valence-corrected chi connectivity index (χ0v) is 41.2. The van der Waals surface area contributed by atoms with Crippen LogP contribution in [0.1, 0.15) is 130 Å². The number of hydrogen-bond acceptors (Lipinski definition) is 4. The van der Waals surface area contributed by atoms with Crippen molar-refractivity contribution in [2.45, 2.75) is 138 Å². The quantitative estimate of drug-likeness (QED) is 0.155. The van der Waals surface area contributed by atoms with Gasteiger partial charge < -0.3 is 5.11 Å². The number of hydrogen-bond donors (Lipinski definition) is 1. The highest BCUT2D eigenvalue weighted by molar-refractivity contribution is 6.89. The minimum absolute atomic E-state index is 0.146. The smallest absolute Gasteiger partial charge is 0.165 e. The van der Waals surface area contributed by atoms with E-state index in [0.717, 1.165) is 50.4 Å². The summed E-state index contributed by atoms with van der Waals surface area (Å²) in [4.78, 5) is 16.1. The molecule has 4 aromatic carbocycles. The Kier molecular flexibility index (Phi) is 11.6. The third-order valence-electron chi connectivity index (χ3n) is 12.3. The molecule has 0 radical (unpaired) electrons. The van der Waals surface area contributed by atoms with E-state index in [1.54, 1.807) is 0 Å². The highest BCUT2D eigenvalue weighted by Gasteiger charge is 2.31.